The van der Waals surface area contributed by atoms with Gasteiger partial charge in [0.15, 0.2) is 6.10 Å². The van der Waals surface area contributed by atoms with Gasteiger partial charge in [-0.25, -0.2) is 4.57 Å². The number of hydrogen-bond acceptors (Lipinski definition) is 8. The van der Waals surface area contributed by atoms with Crippen LogP contribution in [-0.2, 0) is 32.7 Å². The highest BCUT2D eigenvalue weighted by atomic mass is 31.2. The molecule has 0 saturated heterocycles. The Hall–Kier alpha value is -0.990. The summed E-state index contributed by atoms with van der Waals surface area (Å²) in [4.78, 5) is 34.7. The Bertz CT molecular complexity index is 1060. The molecule has 0 radical (unpaired) electrons. The zero-order valence-corrected chi connectivity index (χ0v) is 45.6. The first-order valence-corrected chi connectivity index (χ1v) is 31.0. The van der Waals surface area contributed by atoms with Crippen LogP contribution in [-0.4, -0.2) is 49.3 Å². The van der Waals surface area contributed by atoms with Gasteiger partial charge in [0.05, 0.1) is 13.2 Å². The largest absolute Gasteiger partial charge is 0.472 e. The lowest BCUT2D eigenvalue weighted by Crippen LogP contribution is -2.29. The SMILES string of the molecule is CCCCCCCCCCCCCCCCCCCCCCCCCCCCCCCCCCCCCCCCCCC(=O)OC(COC(=O)CCCCCCCC)COP(=O)(O)OCCN. The van der Waals surface area contributed by atoms with Gasteiger partial charge >= 0.3 is 19.8 Å². The Labute approximate surface area is 416 Å². The second-order valence-electron chi connectivity index (χ2n) is 20.2. The minimum absolute atomic E-state index is 0.0577. The van der Waals surface area contributed by atoms with Gasteiger partial charge in [-0.15, -0.1) is 0 Å². The molecule has 10 heteroatoms. The molecule has 0 saturated carbocycles. The molecule has 0 amide bonds. The fourth-order valence-electron chi connectivity index (χ4n) is 9.11. The normalized spacial score (nSPS) is 13.0. The molecule has 0 aliphatic heterocycles. The number of rotatable bonds is 57. The van der Waals surface area contributed by atoms with E-state index in [1.54, 1.807) is 0 Å². The van der Waals surface area contributed by atoms with E-state index in [1.807, 2.05) is 0 Å². The summed E-state index contributed by atoms with van der Waals surface area (Å²) in [5.41, 5.74) is 5.35. The van der Waals surface area contributed by atoms with Crippen LogP contribution < -0.4 is 5.73 Å². The molecule has 67 heavy (non-hydrogen) atoms. The standard InChI is InChI=1S/C57H114NO8P/c1-3-5-7-9-11-12-13-14-15-16-17-18-19-20-21-22-23-24-25-26-27-28-29-30-31-32-33-34-35-36-37-38-39-40-41-42-43-44-46-48-50-57(60)66-55(54-65-67(61,62)64-52-51-58)53-63-56(59)49-47-45-10-8-6-4-2/h55H,3-54,58H2,1-2H3,(H,61,62). The lowest BCUT2D eigenvalue weighted by molar-refractivity contribution is -0.161. The molecule has 0 rings (SSSR count). The molecule has 0 fully saturated rings. The Morgan fingerprint density at radius 3 is 0.910 bits per heavy atom. The monoisotopic (exact) mass is 972 g/mol. The van der Waals surface area contributed by atoms with Crippen LogP contribution in [0.5, 0.6) is 0 Å². The maximum atomic E-state index is 12.6. The van der Waals surface area contributed by atoms with Crippen molar-refractivity contribution in [3.63, 3.8) is 0 Å². The van der Waals surface area contributed by atoms with E-state index < -0.39 is 26.5 Å². The zero-order valence-electron chi connectivity index (χ0n) is 44.7. The number of phosphoric ester groups is 1. The third-order valence-electron chi connectivity index (χ3n) is 13.5. The van der Waals surface area contributed by atoms with Gasteiger partial charge in [-0.3, -0.25) is 18.6 Å². The number of nitrogens with two attached hydrogens (primary N) is 1. The molecule has 0 aromatic rings. The molecule has 0 aromatic carbocycles. The van der Waals surface area contributed by atoms with E-state index in [-0.39, 0.29) is 38.6 Å². The van der Waals surface area contributed by atoms with E-state index >= 15 is 0 Å². The van der Waals surface area contributed by atoms with E-state index in [4.69, 9.17) is 24.3 Å². The minimum Gasteiger partial charge on any atom is -0.462 e. The Morgan fingerprint density at radius 1 is 0.388 bits per heavy atom. The van der Waals surface area contributed by atoms with Crippen molar-refractivity contribution in [2.75, 3.05) is 26.4 Å². The van der Waals surface area contributed by atoms with Gasteiger partial charge in [0.1, 0.15) is 6.61 Å². The maximum Gasteiger partial charge on any atom is 0.472 e. The minimum atomic E-state index is -4.36. The summed E-state index contributed by atoms with van der Waals surface area (Å²) in [6.07, 6.45) is 61.2. The van der Waals surface area contributed by atoms with Gasteiger partial charge in [-0.1, -0.05) is 296 Å². The second-order valence-corrected chi connectivity index (χ2v) is 21.7. The predicted octanol–water partition coefficient (Wildman–Crippen LogP) is 18.3. The van der Waals surface area contributed by atoms with Crippen molar-refractivity contribution in [3.8, 4) is 0 Å². The molecule has 0 bridgehead atoms. The van der Waals surface area contributed by atoms with Crippen molar-refractivity contribution < 1.29 is 37.6 Å². The van der Waals surface area contributed by atoms with Crippen LogP contribution in [0.1, 0.15) is 322 Å². The predicted molar refractivity (Wildman–Crippen MR) is 285 cm³/mol. The summed E-state index contributed by atoms with van der Waals surface area (Å²) in [6.45, 7) is 3.72. The summed E-state index contributed by atoms with van der Waals surface area (Å²) < 4.78 is 32.7. The average Bonchev–Trinajstić information content (AvgIpc) is 3.32. The van der Waals surface area contributed by atoms with E-state index in [0.717, 1.165) is 38.5 Å². The molecule has 0 aliphatic carbocycles. The molecule has 0 aromatic heterocycles. The number of hydrogen-bond donors (Lipinski definition) is 2. The number of carbonyl (C=O) groups is 2. The molecule has 400 valence electrons. The van der Waals surface area contributed by atoms with Crippen LogP contribution in [0.4, 0.5) is 0 Å². The summed E-state index contributed by atoms with van der Waals surface area (Å²) in [5.74, 6) is -0.821. The van der Waals surface area contributed by atoms with E-state index in [9.17, 15) is 19.0 Å². The van der Waals surface area contributed by atoms with Crippen molar-refractivity contribution in [2.24, 2.45) is 5.73 Å². The molecule has 2 unspecified atom stereocenters. The number of phosphoric acid groups is 1. The molecule has 2 atom stereocenters. The number of carbonyl (C=O) groups excluding carboxylic acids is 2. The van der Waals surface area contributed by atoms with Gasteiger partial charge in [-0.2, -0.15) is 0 Å². The van der Waals surface area contributed by atoms with Crippen molar-refractivity contribution in [1.29, 1.82) is 0 Å². The van der Waals surface area contributed by atoms with Gasteiger partial charge in [-0.05, 0) is 12.8 Å². The quantitative estimate of drug-likeness (QED) is 0.0347. The maximum absolute atomic E-state index is 12.6. The van der Waals surface area contributed by atoms with Gasteiger partial charge in [0, 0.05) is 19.4 Å². The van der Waals surface area contributed by atoms with Crippen molar-refractivity contribution >= 4 is 19.8 Å². The van der Waals surface area contributed by atoms with E-state index in [2.05, 4.69) is 13.8 Å². The van der Waals surface area contributed by atoms with Crippen LogP contribution in [0, 0.1) is 0 Å². The molecular formula is C57H114NO8P. The smallest absolute Gasteiger partial charge is 0.462 e. The first-order chi connectivity index (χ1) is 32.8. The zero-order chi connectivity index (χ0) is 48.8. The van der Waals surface area contributed by atoms with Gasteiger partial charge < -0.3 is 20.1 Å². The molecule has 0 aliphatic rings. The average molecular weight is 973 g/mol. The van der Waals surface area contributed by atoms with Crippen molar-refractivity contribution in [1.82, 2.24) is 0 Å². The Morgan fingerprint density at radius 2 is 0.642 bits per heavy atom. The van der Waals surface area contributed by atoms with E-state index in [1.165, 1.54) is 250 Å². The summed E-state index contributed by atoms with van der Waals surface area (Å²) in [7, 11) is -4.36. The van der Waals surface area contributed by atoms with Crippen molar-refractivity contribution in [2.45, 2.75) is 328 Å². The highest BCUT2D eigenvalue weighted by Gasteiger charge is 2.26. The lowest BCUT2D eigenvalue weighted by Gasteiger charge is -2.19. The Kier molecular flexibility index (Phi) is 53.5. The van der Waals surface area contributed by atoms with Crippen molar-refractivity contribution in [3.05, 3.63) is 0 Å². The summed E-state index contributed by atoms with van der Waals surface area (Å²) in [5, 5.41) is 0. The number of ether oxygens (including phenoxy) is 2. The lowest BCUT2D eigenvalue weighted by atomic mass is 10.0. The Balaban J connectivity index is 3.56. The molecule has 0 spiro atoms. The fraction of sp³-hybridized carbons (Fsp3) is 0.965. The van der Waals surface area contributed by atoms with Crippen LogP contribution in [0.3, 0.4) is 0 Å². The van der Waals surface area contributed by atoms with Gasteiger partial charge in [0.2, 0.25) is 0 Å². The molecule has 9 nitrogen and oxygen atoms in total. The van der Waals surface area contributed by atoms with Crippen LogP contribution in [0.25, 0.3) is 0 Å². The molecule has 3 N–H and O–H groups in total. The highest BCUT2D eigenvalue weighted by molar-refractivity contribution is 7.47. The summed E-state index contributed by atoms with van der Waals surface area (Å²) in [6, 6.07) is 0. The number of esters is 2. The van der Waals surface area contributed by atoms with Crippen LogP contribution in [0.15, 0.2) is 0 Å². The third-order valence-corrected chi connectivity index (χ3v) is 14.5. The topological polar surface area (TPSA) is 134 Å². The van der Waals surface area contributed by atoms with Crippen LogP contribution in [0.2, 0.25) is 0 Å². The fourth-order valence-corrected chi connectivity index (χ4v) is 9.88. The first kappa shape index (κ1) is 66.0. The highest BCUT2D eigenvalue weighted by Crippen LogP contribution is 2.43. The van der Waals surface area contributed by atoms with Crippen LogP contribution >= 0.6 is 7.82 Å². The molecule has 0 heterocycles. The van der Waals surface area contributed by atoms with Gasteiger partial charge in [0.25, 0.3) is 0 Å². The summed E-state index contributed by atoms with van der Waals surface area (Å²) >= 11 is 0. The first-order valence-electron chi connectivity index (χ1n) is 29.5. The van der Waals surface area contributed by atoms with E-state index in [0.29, 0.717) is 6.42 Å². The second kappa shape index (κ2) is 54.3. The number of unbranched alkanes of at least 4 members (excludes halogenated alkanes) is 44. The third kappa shape index (κ3) is 54.2. The molecular weight excluding hydrogens is 858 g/mol.